The van der Waals surface area contributed by atoms with Gasteiger partial charge in [0.15, 0.2) is 5.75 Å². The minimum absolute atomic E-state index is 0.518. The Labute approximate surface area is 91.7 Å². The first-order chi connectivity index (χ1) is 7.16. The van der Waals surface area contributed by atoms with Crippen LogP contribution in [0.1, 0.15) is 10.6 Å². The van der Waals surface area contributed by atoms with Crippen LogP contribution in [-0.4, -0.2) is 10.2 Å². The Hall–Kier alpha value is -1.62. The molecule has 1 aromatic carbocycles. The minimum Gasteiger partial charge on any atom is -0.428 e. The van der Waals surface area contributed by atoms with Crippen LogP contribution in [0.4, 0.5) is 5.69 Å². The van der Waals surface area contributed by atoms with Gasteiger partial charge in [-0.05, 0) is 25.5 Å². The average Bonchev–Trinajstić information content (AvgIpc) is 2.59. The molecule has 15 heavy (non-hydrogen) atoms. The first-order valence-corrected chi connectivity index (χ1v) is 5.31. The van der Waals surface area contributed by atoms with Crippen molar-refractivity contribution >= 4 is 17.0 Å². The van der Waals surface area contributed by atoms with Gasteiger partial charge in [-0.15, -0.1) is 5.10 Å². The van der Waals surface area contributed by atoms with E-state index in [-0.39, 0.29) is 0 Å². The molecule has 0 bridgehead atoms. The van der Waals surface area contributed by atoms with Crippen molar-refractivity contribution in [3.8, 4) is 10.9 Å². The molecule has 0 aliphatic heterocycles. The Morgan fingerprint density at radius 2 is 2.07 bits per heavy atom. The zero-order valence-electron chi connectivity index (χ0n) is 8.52. The van der Waals surface area contributed by atoms with E-state index in [2.05, 4.69) is 10.2 Å². The van der Waals surface area contributed by atoms with Crippen LogP contribution in [0.15, 0.2) is 18.2 Å². The third-order valence-corrected chi connectivity index (χ3v) is 2.71. The van der Waals surface area contributed by atoms with Crippen molar-refractivity contribution in [2.24, 2.45) is 0 Å². The summed E-state index contributed by atoms with van der Waals surface area (Å²) in [7, 11) is 0. The number of anilines is 1. The second kappa shape index (κ2) is 3.86. The zero-order chi connectivity index (χ0) is 10.8. The average molecular weight is 221 g/mol. The van der Waals surface area contributed by atoms with Gasteiger partial charge in [-0.1, -0.05) is 28.6 Å². The van der Waals surface area contributed by atoms with Gasteiger partial charge in [-0.3, -0.25) is 0 Å². The van der Waals surface area contributed by atoms with Crippen LogP contribution in [0.25, 0.3) is 0 Å². The van der Waals surface area contributed by atoms with E-state index in [0.29, 0.717) is 16.6 Å². The number of para-hydroxylation sites is 1. The maximum Gasteiger partial charge on any atom is 0.299 e. The highest BCUT2D eigenvalue weighted by Crippen LogP contribution is 2.30. The third kappa shape index (κ3) is 2.07. The molecule has 0 spiro atoms. The number of hydrogen-bond acceptors (Lipinski definition) is 5. The largest absolute Gasteiger partial charge is 0.428 e. The molecule has 0 aliphatic carbocycles. The normalized spacial score (nSPS) is 10.3. The second-order valence-electron chi connectivity index (χ2n) is 3.18. The molecule has 1 heterocycles. The van der Waals surface area contributed by atoms with Gasteiger partial charge in [0.1, 0.15) is 5.01 Å². The Bertz CT molecular complexity index is 481. The summed E-state index contributed by atoms with van der Waals surface area (Å²) in [6.07, 6.45) is 0. The van der Waals surface area contributed by atoms with Gasteiger partial charge >= 0.3 is 0 Å². The molecule has 0 amide bonds. The first-order valence-electron chi connectivity index (χ1n) is 4.50. The van der Waals surface area contributed by atoms with Gasteiger partial charge in [0.2, 0.25) is 0 Å². The minimum atomic E-state index is 0.518. The number of hydrogen-bond donors (Lipinski definition) is 1. The number of nitrogens with zero attached hydrogens (tertiary/aromatic N) is 2. The van der Waals surface area contributed by atoms with Gasteiger partial charge in [-0.2, -0.15) is 0 Å². The van der Waals surface area contributed by atoms with Crippen LogP contribution in [0.2, 0.25) is 0 Å². The van der Waals surface area contributed by atoms with Crippen LogP contribution >= 0.6 is 11.3 Å². The van der Waals surface area contributed by atoms with Crippen molar-refractivity contribution in [2.75, 3.05) is 5.73 Å². The second-order valence-corrected chi connectivity index (χ2v) is 4.32. The van der Waals surface area contributed by atoms with E-state index in [0.717, 1.165) is 10.6 Å². The molecule has 0 saturated carbocycles. The Morgan fingerprint density at radius 3 is 2.73 bits per heavy atom. The molecule has 0 saturated heterocycles. The summed E-state index contributed by atoms with van der Waals surface area (Å²) in [5.41, 5.74) is 7.51. The summed E-state index contributed by atoms with van der Waals surface area (Å²) >= 11 is 1.40. The van der Waals surface area contributed by atoms with Crippen LogP contribution in [0, 0.1) is 13.8 Å². The van der Waals surface area contributed by atoms with E-state index >= 15 is 0 Å². The Balaban J connectivity index is 2.28. The van der Waals surface area contributed by atoms with Crippen molar-refractivity contribution in [2.45, 2.75) is 13.8 Å². The van der Waals surface area contributed by atoms with Crippen molar-refractivity contribution in [3.63, 3.8) is 0 Å². The topological polar surface area (TPSA) is 61.0 Å². The maximum atomic E-state index is 5.87. The predicted molar refractivity (Wildman–Crippen MR) is 60.3 cm³/mol. The van der Waals surface area contributed by atoms with Gasteiger partial charge in [0.25, 0.3) is 5.19 Å². The van der Waals surface area contributed by atoms with Crippen molar-refractivity contribution in [1.82, 2.24) is 10.2 Å². The lowest BCUT2D eigenvalue weighted by Gasteiger charge is -2.06. The molecule has 0 aliphatic rings. The molecule has 2 N–H and O–H groups in total. The number of nitrogen functional groups attached to an aromatic ring is 1. The summed E-state index contributed by atoms with van der Waals surface area (Å²) in [5.74, 6) is 0.631. The van der Waals surface area contributed by atoms with E-state index < -0.39 is 0 Å². The molecule has 0 atom stereocenters. The van der Waals surface area contributed by atoms with Crippen molar-refractivity contribution in [3.05, 3.63) is 28.8 Å². The summed E-state index contributed by atoms with van der Waals surface area (Å²) in [6.45, 7) is 3.82. The highest BCUT2D eigenvalue weighted by Gasteiger charge is 2.07. The molecule has 0 unspecified atom stereocenters. The van der Waals surface area contributed by atoms with Crippen molar-refractivity contribution < 1.29 is 4.74 Å². The molecule has 5 heteroatoms. The number of benzene rings is 1. The Kier molecular flexibility index (Phi) is 2.55. The lowest BCUT2D eigenvalue weighted by atomic mass is 10.2. The van der Waals surface area contributed by atoms with Gasteiger partial charge in [0.05, 0.1) is 5.69 Å². The molecule has 4 nitrogen and oxygen atoms in total. The Morgan fingerprint density at radius 1 is 1.27 bits per heavy atom. The summed E-state index contributed by atoms with van der Waals surface area (Å²) in [5, 5.41) is 9.13. The molecule has 78 valence electrons. The van der Waals surface area contributed by atoms with Crippen molar-refractivity contribution in [1.29, 1.82) is 0 Å². The number of ether oxygens (including phenoxy) is 1. The fourth-order valence-corrected chi connectivity index (χ4v) is 1.70. The molecular formula is C10H11N3OS. The summed E-state index contributed by atoms with van der Waals surface area (Å²) in [6, 6.07) is 5.65. The van der Waals surface area contributed by atoms with E-state index in [1.807, 2.05) is 32.0 Å². The standard InChI is InChI=1S/C10H11N3OS/c1-6-4-3-5-8(9(6)11)14-10-13-12-7(2)15-10/h3-5H,11H2,1-2H3. The summed E-state index contributed by atoms with van der Waals surface area (Å²) < 4.78 is 5.53. The van der Waals surface area contributed by atoms with Gasteiger partial charge in [-0.25, -0.2) is 0 Å². The molecule has 0 radical (unpaired) electrons. The number of aryl methyl sites for hydroxylation is 2. The number of aromatic nitrogens is 2. The molecule has 2 rings (SSSR count). The molecular weight excluding hydrogens is 210 g/mol. The van der Waals surface area contributed by atoms with Crippen LogP contribution < -0.4 is 10.5 Å². The SMILES string of the molecule is Cc1nnc(Oc2cccc(C)c2N)s1. The smallest absolute Gasteiger partial charge is 0.299 e. The van der Waals surface area contributed by atoms with Crippen LogP contribution in [-0.2, 0) is 0 Å². The lowest BCUT2D eigenvalue weighted by Crippen LogP contribution is -1.94. The monoisotopic (exact) mass is 221 g/mol. The van der Waals surface area contributed by atoms with E-state index in [1.54, 1.807) is 0 Å². The van der Waals surface area contributed by atoms with Crippen LogP contribution in [0.3, 0.4) is 0 Å². The molecule has 0 fully saturated rings. The molecule has 2 aromatic rings. The first kappa shape index (κ1) is 9.92. The summed E-state index contributed by atoms with van der Waals surface area (Å²) in [4.78, 5) is 0. The number of nitrogens with two attached hydrogens (primary N) is 1. The third-order valence-electron chi connectivity index (χ3n) is 1.99. The highest BCUT2D eigenvalue weighted by atomic mass is 32.1. The van der Waals surface area contributed by atoms with E-state index in [4.69, 9.17) is 10.5 Å². The highest BCUT2D eigenvalue weighted by molar-refractivity contribution is 7.13. The van der Waals surface area contributed by atoms with E-state index in [9.17, 15) is 0 Å². The van der Waals surface area contributed by atoms with Gasteiger partial charge in [0, 0.05) is 0 Å². The zero-order valence-corrected chi connectivity index (χ0v) is 9.34. The fraction of sp³-hybridized carbons (Fsp3) is 0.200. The van der Waals surface area contributed by atoms with Crippen LogP contribution in [0.5, 0.6) is 10.9 Å². The maximum absolute atomic E-state index is 5.87. The molecule has 1 aromatic heterocycles. The fourth-order valence-electron chi connectivity index (χ4n) is 1.16. The lowest BCUT2D eigenvalue weighted by molar-refractivity contribution is 0.475. The van der Waals surface area contributed by atoms with Gasteiger partial charge < -0.3 is 10.5 Å². The predicted octanol–water partition coefficient (Wildman–Crippen LogP) is 2.53. The number of rotatable bonds is 2. The quantitative estimate of drug-likeness (QED) is 0.791. The van der Waals surface area contributed by atoms with E-state index in [1.165, 1.54) is 11.3 Å².